The summed E-state index contributed by atoms with van der Waals surface area (Å²) in [7, 11) is 0. The molecule has 0 unspecified atom stereocenters. The SMILES string of the molecule is CCCCCCCCCCCOC(=O)[C@@H](N)CCCCN.Cl. The van der Waals surface area contributed by atoms with E-state index in [-0.39, 0.29) is 18.4 Å². The second kappa shape index (κ2) is 18.7. The van der Waals surface area contributed by atoms with Crippen molar-refractivity contribution < 1.29 is 9.53 Å². The summed E-state index contributed by atoms with van der Waals surface area (Å²) in [5.74, 6) is -0.258. The average Bonchev–Trinajstić information content (AvgIpc) is 2.49. The first-order valence-corrected chi connectivity index (χ1v) is 8.84. The van der Waals surface area contributed by atoms with Gasteiger partial charge in [-0.1, -0.05) is 64.7 Å². The Labute approximate surface area is 143 Å². The summed E-state index contributed by atoms with van der Waals surface area (Å²) in [6.07, 6.45) is 13.9. The Balaban J connectivity index is 0. The van der Waals surface area contributed by atoms with Crippen LogP contribution in [0.15, 0.2) is 0 Å². The van der Waals surface area contributed by atoms with Gasteiger partial charge in [-0.3, -0.25) is 4.79 Å². The molecule has 5 heteroatoms. The second-order valence-electron chi connectivity index (χ2n) is 5.89. The van der Waals surface area contributed by atoms with Gasteiger partial charge in [-0.25, -0.2) is 0 Å². The van der Waals surface area contributed by atoms with Crippen LogP contribution in [0.25, 0.3) is 0 Å². The Morgan fingerprint density at radius 1 is 0.909 bits per heavy atom. The topological polar surface area (TPSA) is 78.3 Å². The van der Waals surface area contributed by atoms with Gasteiger partial charge in [-0.05, 0) is 25.8 Å². The third-order valence-corrected chi connectivity index (χ3v) is 3.76. The van der Waals surface area contributed by atoms with Crippen molar-refractivity contribution in [1.29, 1.82) is 0 Å². The Kier molecular flexibility index (Phi) is 20.4. The first-order valence-electron chi connectivity index (χ1n) is 8.84. The molecule has 0 aliphatic rings. The largest absolute Gasteiger partial charge is 0.465 e. The summed E-state index contributed by atoms with van der Waals surface area (Å²) in [4.78, 5) is 11.6. The van der Waals surface area contributed by atoms with Gasteiger partial charge in [0, 0.05) is 0 Å². The summed E-state index contributed by atoms with van der Waals surface area (Å²) in [6, 6.07) is -0.477. The maximum Gasteiger partial charge on any atom is 0.322 e. The molecule has 0 heterocycles. The first-order chi connectivity index (χ1) is 10.2. The van der Waals surface area contributed by atoms with Crippen LogP contribution in [0.4, 0.5) is 0 Å². The molecule has 22 heavy (non-hydrogen) atoms. The van der Waals surface area contributed by atoms with Crippen LogP contribution >= 0.6 is 12.4 Å². The second-order valence-corrected chi connectivity index (χ2v) is 5.89. The summed E-state index contributed by atoms with van der Waals surface area (Å²) in [5.41, 5.74) is 11.2. The van der Waals surface area contributed by atoms with E-state index in [4.69, 9.17) is 16.2 Å². The van der Waals surface area contributed by atoms with Crippen molar-refractivity contribution in [2.24, 2.45) is 11.5 Å². The molecule has 1 atom stereocenters. The first kappa shape index (κ1) is 23.9. The maximum atomic E-state index is 11.6. The molecule has 0 aliphatic heterocycles. The molecule has 0 amide bonds. The molecule has 0 aromatic carbocycles. The number of esters is 1. The molecule has 4 nitrogen and oxygen atoms in total. The number of hydrogen-bond donors (Lipinski definition) is 2. The van der Waals surface area contributed by atoms with Crippen LogP contribution in [0.5, 0.6) is 0 Å². The number of ether oxygens (including phenoxy) is 1. The quantitative estimate of drug-likeness (QED) is 0.350. The molecule has 0 bridgehead atoms. The van der Waals surface area contributed by atoms with Crippen LogP contribution in [0.3, 0.4) is 0 Å². The summed E-state index contributed by atoms with van der Waals surface area (Å²) < 4.78 is 5.20. The molecule has 0 fully saturated rings. The fourth-order valence-electron chi connectivity index (χ4n) is 2.32. The fourth-order valence-corrected chi connectivity index (χ4v) is 2.32. The lowest BCUT2D eigenvalue weighted by Crippen LogP contribution is -2.32. The highest BCUT2D eigenvalue weighted by Crippen LogP contribution is 2.09. The van der Waals surface area contributed by atoms with E-state index in [1.54, 1.807) is 0 Å². The molecule has 0 aliphatic carbocycles. The monoisotopic (exact) mass is 336 g/mol. The summed E-state index contributed by atoms with van der Waals surface area (Å²) in [6.45, 7) is 3.41. The minimum Gasteiger partial charge on any atom is -0.465 e. The van der Waals surface area contributed by atoms with Crippen LogP contribution in [0.2, 0.25) is 0 Å². The van der Waals surface area contributed by atoms with E-state index < -0.39 is 6.04 Å². The standard InChI is InChI=1S/C17H36N2O2.ClH/c1-2-3-4-5-6-7-8-9-12-15-21-17(20)16(19)13-10-11-14-18;/h16H,2-15,18-19H2,1H3;1H/t16-;/m0./s1. The van der Waals surface area contributed by atoms with Crippen LogP contribution in [0, 0.1) is 0 Å². The number of halogens is 1. The zero-order valence-corrected chi connectivity index (χ0v) is 15.2. The van der Waals surface area contributed by atoms with Gasteiger partial charge in [0.25, 0.3) is 0 Å². The van der Waals surface area contributed by atoms with E-state index in [0.29, 0.717) is 19.6 Å². The Morgan fingerprint density at radius 2 is 1.45 bits per heavy atom. The Morgan fingerprint density at radius 3 is 2.00 bits per heavy atom. The van der Waals surface area contributed by atoms with Gasteiger partial charge in [0.1, 0.15) is 6.04 Å². The third-order valence-electron chi connectivity index (χ3n) is 3.76. The Hall–Kier alpha value is -0.320. The predicted molar refractivity (Wildman–Crippen MR) is 96.3 cm³/mol. The molecule has 4 N–H and O–H groups in total. The van der Waals surface area contributed by atoms with Crippen molar-refractivity contribution >= 4 is 18.4 Å². The van der Waals surface area contributed by atoms with Crippen LogP contribution in [-0.2, 0) is 9.53 Å². The van der Waals surface area contributed by atoms with Gasteiger partial charge in [0.05, 0.1) is 6.61 Å². The van der Waals surface area contributed by atoms with Gasteiger partial charge in [-0.15, -0.1) is 12.4 Å². The number of rotatable bonds is 15. The molecular formula is C17H37ClN2O2. The van der Waals surface area contributed by atoms with Gasteiger partial charge in [-0.2, -0.15) is 0 Å². The lowest BCUT2D eigenvalue weighted by Gasteiger charge is -2.11. The number of carbonyl (C=O) groups excluding carboxylic acids is 1. The van der Waals surface area contributed by atoms with Gasteiger partial charge in [0.15, 0.2) is 0 Å². The fraction of sp³-hybridized carbons (Fsp3) is 0.941. The molecular weight excluding hydrogens is 300 g/mol. The van der Waals surface area contributed by atoms with Crippen molar-refractivity contribution in [3.63, 3.8) is 0 Å². The predicted octanol–water partition coefficient (Wildman–Crippen LogP) is 3.94. The van der Waals surface area contributed by atoms with Gasteiger partial charge in [0.2, 0.25) is 0 Å². The molecule has 0 aromatic rings. The van der Waals surface area contributed by atoms with Gasteiger partial charge >= 0.3 is 5.97 Å². The van der Waals surface area contributed by atoms with Crippen molar-refractivity contribution in [3.05, 3.63) is 0 Å². The molecule has 0 saturated heterocycles. The van der Waals surface area contributed by atoms with Crippen molar-refractivity contribution in [1.82, 2.24) is 0 Å². The van der Waals surface area contributed by atoms with Crippen LogP contribution < -0.4 is 11.5 Å². The lowest BCUT2D eigenvalue weighted by molar-refractivity contribution is -0.145. The average molecular weight is 337 g/mol. The highest BCUT2D eigenvalue weighted by molar-refractivity contribution is 5.85. The number of unbranched alkanes of at least 4 members (excludes halogenated alkanes) is 9. The van der Waals surface area contributed by atoms with E-state index in [2.05, 4.69) is 6.92 Å². The summed E-state index contributed by atoms with van der Waals surface area (Å²) >= 11 is 0. The highest BCUT2D eigenvalue weighted by atomic mass is 35.5. The van der Waals surface area contributed by atoms with Crippen LogP contribution in [0.1, 0.15) is 84.0 Å². The lowest BCUT2D eigenvalue weighted by atomic mass is 10.1. The van der Waals surface area contributed by atoms with Crippen molar-refractivity contribution in [2.75, 3.05) is 13.2 Å². The van der Waals surface area contributed by atoms with E-state index in [1.165, 1.54) is 44.9 Å². The minimum absolute atomic E-state index is 0. The summed E-state index contributed by atoms with van der Waals surface area (Å²) in [5, 5.41) is 0. The smallest absolute Gasteiger partial charge is 0.322 e. The zero-order valence-electron chi connectivity index (χ0n) is 14.4. The number of hydrogen-bond acceptors (Lipinski definition) is 4. The van der Waals surface area contributed by atoms with E-state index in [0.717, 1.165) is 25.7 Å². The zero-order chi connectivity index (χ0) is 15.8. The number of carbonyl (C=O) groups is 1. The van der Waals surface area contributed by atoms with Crippen molar-refractivity contribution in [3.8, 4) is 0 Å². The number of nitrogens with two attached hydrogens (primary N) is 2. The Bertz CT molecular complexity index is 241. The molecule has 0 rings (SSSR count). The molecule has 0 spiro atoms. The minimum atomic E-state index is -0.477. The van der Waals surface area contributed by atoms with E-state index in [1.807, 2.05) is 0 Å². The highest BCUT2D eigenvalue weighted by Gasteiger charge is 2.13. The molecule has 134 valence electrons. The van der Waals surface area contributed by atoms with E-state index >= 15 is 0 Å². The third kappa shape index (κ3) is 16.1. The molecule has 0 aromatic heterocycles. The maximum absolute atomic E-state index is 11.6. The molecule has 0 radical (unpaired) electrons. The van der Waals surface area contributed by atoms with Crippen molar-refractivity contribution in [2.45, 2.75) is 90.0 Å². The van der Waals surface area contributed by atoms with Crippen LogP contribution in [-0.4, -0.2) is 25.2 Å². The van der Waals surface area contributed by atoms with Gasteiger partial charge < -0.3 is 16.2 Å². The molecule has 0 saturated carbocycles. The normalized spacial score (nSPS) is 11.8. The van der Waals surface area contributed by atoms with E-state index in [9.17, 15) is 4.79 Å².